The molecular weight excluding hydrogens is 418 g/mol. The van der Waals surface area contributed by atoms with Gasteiger partial charge in [0.25, 0.3) is 0 Å². The second-order valence-corrected chi connectivity index (χ2v) is 10.3. The van der Waals surface area contributed by atoms with Crippen LogP contribution in [-0.4, -0.2) is 58.3 Å². The van der Waals surface area contributed by atoms with Crippen molar-refractivity contribution in [1.29, 1.82) is 0 Å². The molecule has 8 nitrogen and oxygen atoms in total. The fraction of sp³-hybridized carbons (Fsp3) is 0.588. The van der Waals surface area contributed by atoms with Crippen molar-refractivity contribution in [1.82, 2.24) is 24.4 Å². The van der Waals surface area contributed by atoms with E-state index in [1.165, 1.54) is 15.6 Å². The normalized spacial score (nSPS) is 17.5. The van der Waals surface area contributed by atoms with E-state index >= 15 is 0 Å². The first-order chi connectivity index (χ1) is 13.3. The van der Waals surface area contributed by atoms with Crippen LogP contribution in [0.3, 0.4) is 0 Å². The van der Waals surface area contributed by atoms with Gasteiger partial charge in [0.2, 0.25) is 15.9 Å². The molecule has 1 saturated heterocycles. The summed E-state index contributed by atoms with van der Waals surface area (Å²) in [4.78, 5) is 13.7. The summed E-state index contributed by atoms with van der Waals surface area (Å²) >= 11 is 6.85. The number of aromatic amines is 1. The fourth-order valence-corrected chi connectivity index (χ4v) is 5.89. The highest BCUT2D eigenvalue weighted by Gasteiger charge is 2.29. The predicted molar refractivity (Wildman–Crippen MR) is 112 cm³/mol. The molecule has 1 amide bonds. The first kappa shape index (κ1) is 21.2. The molecule has 3 rings (SSSR count). The zero-order valence-electron chi connectivity index (χ0n) is 15.9. The van der Waals surface area contributed by atoms with Gasteiger partial charge in [0, 0.05) is 19.1 Å². The molecule has 11 heteroatoms. The number of piperidine rings is 1. The summed E-state index contributed by atoms with van der Waals surface area (Å²) in [6.45, 7) is 4.52. The van der Waals surface area contributed by atoms with Gasteiger partial charge >= 0.3 is 0 Å². The van der Waals surface area contributed by atoms with Crippen LogP contribution in [-0.2, 0) is 14.8 Å². The van der Waals surface area contributed by atoms with Crippen molar-refractivity contribution in [3.05, 3.63) is 22.3 Å². The molecule has 2 aromatic rings. The van der Waals surface area contributed by atoms with Crippen LogP contribution < -0.4 is 5.32 Å². The van der Waals surface area contributed by atoms with E-state index in [2.05, 4.69) is 15.5 Å². The molecule has 2 N–H and O–H groups in total. The van der Waals surface area contributed by atoms with Crippen LogP contribution in [0, 0.1) is 4.77 Å². The molecule has 0 bridgehead atoms. The number of rotatable bonds is 7. The lowest BCUT2D eigenvalue weighted by molar-refractivity contribution is -0.124. The standard InChI is InChI=1S/C17H25N5O3S3/c1-3-11-28(24,25)21-8-6-13(7-9-21)18-16(23)12(2)22-15(19-20-17(22)26)14-5-4-10-27-14/h4-5,10,12-13H,3,6-9,11H2,1-2H3,(H,18,23)(H,20,26). The van der Waals surface area contributed by atoms with Gasteiger partial charge in [-0.25, -0.2) is 12.7 Å². The van der Waals surface area contributed by atoms with E-state index in [1.54, 1.807) is 11.5 Å². The van der Waals surface area contributed by atoms with Gasteiger partial charge in [-0.3, -0.25) is 14.5 Å². The highest BCUT2D eigenvalue weighted by Crippen LogP contribution is 2.26. The van der Waals surface area contributed by atoms with E-state index in [4.69, 9.17) is 12.2 Å². The SMILES string of the molecule is CCCS(=O)(=O)N1CCC(NC(=O)C(C)n2c(-c3cccs3)n[nH]c2=S)CC1. The number of thiophene rings is 1. The molecule has 2 aromatic heterocycles. The summed E-state index contributed by atoms with van der Waals surface area (Å²) in [6, 6.07) is 3.29. The maximum Gasteiger partial charge on any atom is 0.243 e. The molecule has 0 spiro atoms. The number of carbonyl (C=O) groups is 1. The van der Waals surface area contributed by atoms with Gasteiger partial charge in [-0.2, -0.15) is 5.10 Å². The second-order valence-electron chi connectivity index (χ2n) is 6.87. The Labute approximate surface area is 174 Å². The molecule has 154 valence electrons. The van der Waals surface area contributed by atoms with Crippen LogP contribution in [0.2, 0.25) is 0 Å². The van der Waals surface area contributed by atoms with E-state index in [1.807, 2.05) is 24.4 Å². The zero-order valence-corrected chi connectivity index (χ0v) is 18.4. The highest BCUT2D eigenvalue weighted by molar-refractivity contribution is 7.89. The molecule has 1 unspecified atom stereocenters. The van der Waals surface area contributed by atoms with Crippen LogP contribution in [0.4, 0.5) is 0 Å². The topological polar surface area (TPSA) is 100 Å². The molecular formula is C17H25N5O3S3. The minimum Gasteiger partial charge on any atom is -0.351 e. The van der Waals surface area contributed by atoms with E-state index in [-0.39, 0.29) is 17.7 Å². The Balaban J connectivity index is 1.64. The van der Waals surface area contributed by atoms with Gasteiger partial charge in [0.05, 0.1) is 10.6 Å². The average molecular weight is 444 g/mol. The Bertz CT molecular complexity index is 957. The predicted octanol–water partition coefficient (Wildman–Crippen LogP) is 2.55. The minimum atomic E-state index is -3.18. The van der Waals surface area contributed by atoms with Crippen molar-refractivity contribution in [3.8, 4) is 10.7 Å². The number of nitrogens with one attached hydrogen (secondary N) is 2. The summed E-state index contributed by atoms with van der Waals surface area (Å²) < 4.78 is 28.0. The maximum atomic E-state index is 12.8. The summed E-state index contributed by atoms with van der Waals surface area (Å²) in [5.74, 6) is 0.666. The number of nitrogens with zero attached hydrogens (tertiary/aromatic N) is 3. The van der Waals surface area contributed by atoms with Gasteiger partial charge in [-0.1, -0.05) is 13.0 Å². The van der Waals surface area contributed by atoms with Gasteiger partial charge in [0.15, 0.2) is 10.6 Å². The molecule has 0 aliphatic carbocycles. The number of H-pyrrole nitrogens is 1. The number of amides is 1. The summed E-state index contributed by atoms with van der Waals surface area (Å²) in [5.41, 5.74) is 0. The number of aromatic nitrogens is 3. The van der Waals surface area contributed by atoms with E-state index in [9.17, 15) is 13.2 Å². The van der Waals surface area contributed by atoms with Gasteiger partial charge < -0.3 is 5.32 Å². The number of carbonyl (C=O) groups excluding carboxylic acids is 1. The summed E-state index contributed by atoms with van der Waals surface area (Å²) in [5, 5.41) is 12.0. The van der Waals surface area contributed by atoms with Crippen molar-refractivity contribution < 1.29 is 13.2 Å². The Hall–Kier alpha value is -1.56. The summed E-state index contributed by atoms with van der Waals surface area (Å²) in [7, 11) is -3.18. The van der Waals surface area contributed by atoms with Crippen LogP contribution >= 0.6 is 23.6 Å². The van der Waals surface area contributed by atoms with E-state index in [0.717, 1.165) is 4.88 Å². The Morgan fingerprint density at radius 3 is 2.79 bits per heavy atom. The first-order valence-electron chi connectivity index (χ1n) is 9.32. The lowest BCUT2D eigenvalue weighted by atomic mass is 10.1. The van der Waals surface area contributed by atoms with Gasteiger partial charge in [-0.05, 0) is 49.9 Å². The molecule has 28 heavy (non-hydrogen) atoms. The Morgan fingerprint density at radius 1 is 1.46 bits per heavy atom. The van der Waals surface area contributed by atoms with Crippen molar-refractivity contribution in [2.45, 2.75) is 45.2 Å². The van der Waals surface area contributed by atoms with Crippen LogP contribution in [0.25, 0.3) is 10.7 Å². The molecule has 0 radical (unpaired) electrons. The summed E-state index contributed by atoms with van der Waals surface area (Å²) in [6.07, 6.45) is 1.82. The van der Waals surface area contributed by atoms with Crippen LogP contribution in [0.5, 0.6) is 0 Å². The van der Waals surface area contributed by atoms with Crippen molar-refractivity contribution in [3.63, 3.8) is 0 Å². The molecule has 1 atom stereocenters. The average Bonchev–Trinajstić information content (AvgIpc) is 3.31. The molecule has 1 fully saturated rings. The van der Waals surface area contributed by atoms with Gasteiger partial charge in [-0.15, -0.1) is 11.3 Å². The number of hydrogen-bond donors (Lipinski definition) is 2. The molecule has 1 aliphatic heterocycles. The molecule has 1 aliphatic rings. The third kappa shape index (κ3) is 4.53. The van der Waals surface area contributed by atoms with E-state index in [0.29, 0.717) is 42.9 Å². The van der Waals surface area contributed by atoms with Crippen molar-refractivity contribution in [2.75, 3.05) is 18.8 Å². The molecule has 0 aromatic carbocycles. The fourth-order valence-electron chi connectivity index (χ4n) is 3.35. The monoisotopic (exact) mass is 443 g/mol. The first-order valence-corrected chi connectivity index (χ1v) is 12.2. The smallest absolute Gasteiger partial charge is 0.243 e. The highest BCUT2D eigenvalue weighted by atomic mass is 32.2. The Kier molecular flexibility index (Phi) is 6.69. The van der Waals surface area contributed by atoms with E-state index < -0.39 is 16.1 Å². The van der Waals surface area contributed by atoms with Crippen molar-refractivity contribution >= 4 is 39.5 Å². The molecule has 3 heterocycles. The third-order valence-corrected chi connectivity index (χ3v) is 8.10. The maximum absolute atomic E-state index is 12.8. The third-order valence-electron chi connectivity index (χ3n) is 4.87. The zero-order chi connectivity index (χ0) is 20.3. The lowest BCUT2D eigenvalue weighted by Gasteiger charge is -2.32. The minimum absolute atomic E-state index is 0.0470. The van der Waals surface area contributed by atoms with Crippen LogP contribution in [0.1, 0.15) is 39.2 Å². The number of hydrogen-bond acceptors (Lipinski definition) is 6. The Morgan fingerprint density at radius 2 is 2.18 bits per heavy atom. The van der Waals surface area contributed by atoms with Crippen molar-refractivity contribution in [2.24, 2.45) is 0 Å². The lowest BCUT2D eigenvalue weighted by Crippen LogP contribution is -2.48. The number of sulfonamides is 1. The largest absolute Gasteiger partial charge is 0.351 e. The van der Waals surface area contributed by atoms with Crippen LogP contribution in [0.15, 0.2) is 17.5 Å². The van der Waals surface area contributed by atoms with Gasteiger partial charge in [0.1, 0.15) is 6.04 Å². The quantitative estimate of drug-likeness (QED) is 0.641. The second kappa shape index (κ2) is 8.85. The molecule has 0 saturated carbocycles.